The average molecular weight is 309 g/mol. The summed E-state index contributed by atoms with van der Waals surface area (Å²) in [6, 6.07) is 0. The monoisotopic (exact) mass is 308 g/mol. The normalized spacial score (nSPS) is 10.6. The van der Waals surface area contributed by atoms with Crippen LogP contribution in [0.25, 0.3) is 0 Å². The molecule has 0 aromatic rings. The van der Waals surface area contributed by atoms with Crippen molar-refractivity contribution in [2.75, 3.05) is 13.1 Å². The van der Waals surface area contributed by atoms with Gasteiger partial charge in [0.25, 0.3) is 0 Å². The van der Waals surface area contributed by atoms with Gasteiger partial charge in [0.1, 0.15) is 0 Å². The summed E-state index contributed by atoms with van der Waals surface area (Å²) in [5.41, 5.74) is 6.68. The number of hydrogen-bond donors (Lipinski definition) is 2. The lowest BCUT2D eigenvalue weighted by molar-refractivity contribution is 0.539. The summed E-state index contributed by atoms with van der Waals surface area (Å²) in [4.78, 5) is 0. The van der Waals surface area contributed by atoms with Gasteiger partial charge in [-0.2, -0.15) is 0 Å². The van der Waals surface area contributed by atoms with Crippen LogP contribution in [0.1, 0.15) is 89.9 Å². The predicted molar refractivity (Wildman–Crippen MR) is 101 cm³/mol. The Labute approximate surface area is 139 Å². The molecule has 2 nitrogen and oxygen atoms in total. The zero-order valence-corrected chi connectivity index (χ0v) is 14.9. The summed E-state index contributed by atoms with van der Waals surface area (Å²) in [5, 5.41) is 3.35. The van der Waals surface area contributed by atoms with Crippen molar-refractivity contribution in [3.05, 3.63) is 24.9 Å². The zero-order valence-electron chi connectivity index (χ0n) is 14.9. The molecule has 0 aliphatic heterocycles. The van der Waals surface area contributed by atoms with Crippen molar-refractivity contribution in [3.8, 4) is 0 Å². The Morgan fingerprint density at radius 3 is 1.68 bits per heavy atom. The standard InChI is InChI=1S/C20H40N2/c1-3-4-19-22-20(2)17-15-13-11-9-7-5-6-8-10-12-14-16-18-21/h3,22H,1-2,4-19,21H2. The molecule has 0 unspecified atom stereocenters. The molecule has 0 radical (unpaired) electrons. The molecule has 0 saturated heterocycles. The minimum atomic E-state index is 0.859. The van der Waals surface area contributed by atoms with Crippen LogP contribution < -0.4 is 11.1 Å². The molecule has 0 aliphatic rings. The number of hydrogen-bond acceptors (Lipinski definition) is 2. The van der Waals surface area contributed by atoms with Gasteiger partial charge in [0.05, 0.1) is 0 Å². The molecule has 0 saturated carbocycles. The molecular formula is C20H40N2. The Balaban J connectivity index is 3.08. The molecule has 0 spiro atoms. The van der Waals surface area contributed by atoms with E-state index in [1.807, 2.05) is 6.08 Å². The van der Waals surface area contributed by atoms with Gasteiger partial charge in [-0.05, 0) is 32.2 Å². The minimum absolute atomic E-state index is 0.859. The Hall–Kier alpha value is -0.760. The van der Waals surface area contributed by atoms with Crippen LogP contribution in [0.5, 0.6) is 0 Å². The SMILES string of the molecule is C=CCCNC(=C)CCCCCCCCCCCCCCN. The lowest BCUT2D eigenvalue weighted by atomic mass is 10.0. The number of unbranched alkanes of at least 4 members (excludes halogenated alkanes) is 11. The van der Waals surface area contributed by atoms with Gasteiger partial charge >= 0.3 is 0 Å². The van der Waals surface area contributed by atoms with Gasteiger partial charge in [-0.3, -0.25) is 0 Å². The molecule has 0 fully saturated rings. The van der Waals surface area contributed by atoms with Crippen LogP contribution in [0.15, 0.2) is 24.9 Å². The van der Waals surface area contributed by atoms with Crippen LogP contribution in [-0.2, 0) is 0 Å². The molecule has 130 valence electrons. The Bertz CT molecular complexity index is 248. The smallest absolute Gasteiger partial charge is 0.0178 e. The number of rotatable bonds is 18. The highest BCUT2D eigenvalue weighted by Crippen LogP contribution is 2.13. The van der Waals surface area contributed by atoms with E-state index >= 15 is 0 Å². The first-order valence-electron chi connectivity index (χ1n) is 9.54. The second-order valence-electron chi connectivity index (χ2n) is 6.39. The molecule has 0 bridgehead atoms. The Morgan fingerprint density at radius 1 is 0.773 bits per heavy atom. The van der Waals surface area contributed by atoms with Crippen molar-refractivity contribution in [3.63, 3.8) is 0 Å². The van der Waals surface area contributed by atoms with E-state index < -0.39 is 0 Å². The van der Waals surface area contributed by atoms with Crippen molar-refractivity contribution in [2.45, 2.75) is 89.9 Å². The highest BCUT2D eigenvalue weighted by Gasteiger charge is 1.95. The molecule has 0 aromatic carbocycles. The molecular weight excluding hydrogens is 268 g/mol. The van der Waals surface area contributed by atoms with Crippen molar-refractivity contribution in [2.24, 2.45) is 5.73 Å². The van der Waals surface area contributed by atoms with Gasteiger partial charge in [0, 0.05) is 12.2 Å². The molecule has 2 heteroatoms. The van der Waals surface area contributed by atoms with E-state index in [4.69, 9.17) is 5.73 Å². The summed E-state index contributed by atoms with van der Waals surface area (Å²) in [5.74, 6) is 0. The van der Waals surface area contributed by atoms with Gasteiger partial charge in [-0.15, -0.1) is 6.58 Å². The van der Waals surface area contributed by atoms with E-state index in [9.17, 15) is 0 Å². The summed E-state index contributed by atoms with van der Waals surface area (Å²) in [7, 11) is 0. The predicted octanol–water partition coefficient (Wildman–Crippen LogP) is 5.70. The molecule has 0 atom stereocenters. The van der Waals surface area contributed by atoms with Crippen LogP contribution in [0.2, 0.25) is 0 Å². The van der Waals surface area contributed by atoms with Crippen LogP contribution in [0.3, 0.4) is 0 Å². The second kappa shape index (κ2) is 18.3. The fourth-order valence-electron chi connectivity index (χ4n) is 2.69. The van der Waals surface area contributed by atoms with Gasteiger partial charge in [-0.1, -0.05) is 76.9 Å². The van der Waals surface area contributed by atoms with E-state index in [1.54, 1.807) is 0 Å². The van der Waals surface area contributed by atoms with E-state index in [2.05, 4.69) is 18.5 Å². The van der Waals surface area contributed by atoms with Crippen molar-refractivity contribution in [1.29, 1.82) is 0 Å². The molecule has 0 rings (SSSR count). The van der Waals surface area contributed by atoms with Crippen LogP contribution >= 0.6 is 0 Å². The maximum atomic E-state index is 5.49. The number of nitrogens with one attached hydrogen (secondary N) is 1. The first-order valence-corrected chi connectivity index (χ1v) is 9.54. The minimum Gasteiger partial charge on any atom is -0.389 e. The lowest BCUT2D eigenvalue weighted by Crippen LogP contribution is -2.13. The summed E-state index contributed by atoms with van der Waals surface area (Å²) in [6.07, 6.45) is 20.5. The second-order valence-corrected chi connectivity index (χ2v) is 6.39. The van der Waals surface area contributed by atoms with Crippen LogP contribution in [0, 0.1) is 0 Å². The van der Waals surface area contributed by atoms with E-state index in [0.717, 1.165) is 25.9 Å². The fraction of sp³-hybridized carbons (Fsp3) is 0.800. The molecule has 0 aromatic heterocycles. The largest absolute Gasteiger partial charge is 0.389 e. The number of allylic oxidation sites excluding steroid dienone is 1. The number of nitrogens with two attached hydrogens (primary N) is 1. The van der Waals surface area contributed by atoms with Gasteiger partial charge in [-0.25, -0.2) is 0 Å². The van der Waals surface area contributed by atoms with E-state index in [0.29, 0.717) is 0 Å². The maximum absolute atomic E-state index is 5.49. The quantitative estimate of drug-likeness (QED) is 0.252. The Kier molecular flexibility index (Phi) is 17.7. The molecule has 22 heavy (non-hydrogen) atoms. The van der Waals surface area contributed by atoms with E-state index in [1.165, 1.54) is 82.7 Å². The third kappa shape index (κ3) is 17.3. The average Bonchev–Trinajstić information content (AvgIpc) is 2.52. The van der Waals surface area contributed by atoms with Crippen LogP contribution in [-0.4, -0.2) is 13.1 Å². The van der Waals surface area contributed by atoms with Crippen molar-refractivity contribution >= 4 is 0 Å². The molecule has 0 amide bonds. The maximum Gasteiger partial charge on any atom is 0.0178 e. The topological polar surface area (TPSA) is 38.0 Å². The summed E-state index contributed by atoms with van der Waals surface area (Å²) < 4.78 is 0. The van der Waals surface area contributed by atoms with Crippen molar-refractivity contribution in [1.82, 2.24) is 5.32 Å². The van der Waals surface area contributed by atoms with Gasteiger partial charge in [0.2, 0.25) is 0 Å². The highest BCUT2D eigenvalue weighted by atomic mass is 14.9. The van der Waals surface area contributed by atoms with Gasteiger partial charge in [0.15, 0.2) is 0 Å². The first-order chi connectivity index (χ1) is 10.8. The Morgan fingerprint density at radius 2 is 1.23 bits per heavy atom. The van der Waals surface area contributed by atoms with Gasteiger partial charge < -0.3 is 11.1 Å². The van der Waals surface area contributed by atoms with Crippen LogP contribution in [0.4, 0.5) is 0 Å². The zero-order chi connectivity index (χ0) is 16.3. The molecule has 0 aliphatic carbocycles. The summed E-state index contributed by atoms with van der Waals surface area (Å²) >= 11 is 0. The third-order valence-electron chi connectivity index (χ3n) is 4.16. The first kappa shape index (κ1) is 21.2. The van der Waals surface area contributed by atoms with E-state index in [-0.39, 0.29) is 0 Å². The third-order valence-corrected chi connectivity index (χ3v) is 4.16. The fourth-order valence-corrected chi connectivity index (χ4v) is 2.69. The molecule has 3 N–H and O–H groups in total. The van der Waals surface area contributed by atoms with Crippen molar-refractivity contribution < 1.29 is 0 Å². The highest BCUT2D eigenvalue weighted by molar-refractivity contribution is 4.91. The summed E-state index contributed by atoms with van der Waals surface area (Å²) in [6.45, 7) is 9.63. The lowest BCUT2D eigenvalue weighted by Gasteiger charge is -2.08. The molecule has 0 heterocycles.